The number of hydrogen-bond donors (Lipinski definition) is 0. The van der Waals surface area contributed by atoms with Crippen molar-refractivity contribution >= 4 is 49.8 Å². The van der Waals surface area contributed by atoms with E-state index in [1.54, 1.807) is 12.3 Å². The molecule has 0 aliphatic rings. The van der Waals surface area contributed by atoms with E-state index in [9.17, 15) is 8.42 Å². The number of allylic oxidation sites excluding steroid dienone is 1. The molecular formula is C16H12ClN3O2S2. The molecule has 0 bridgehead atoms. The predicted molar refractivity (Wildman–Crippen MR) is 96.6 cm³/mol. The summed E-state index contributed by atoms with van der Waals surface area (Å²) in [6, 6.07) is 9.39. The van der Waals surface area contributed by atoms with Crippen molar-refractivity contribution in [3.63, 3.8) is 0 Å². The van der Waals surface area contributed by atoms with E-state index in [-0.39, 0.29) is 4.91 Å². The van der Waals surface area contributed by atoms with Crippen LogP contribution in [-0.4, -0.2) is 24.2 Å². The second-order valence-electron chi connectivity index (χ2n) is 5.20. The topological polar surface area (TPSA) is 75.8 Å². The Morgan fingerprint density at radius 1 is 1.46 bits per heavy atom. The van der Waals surface area contributed by atoms with E-state index in [1.165, 1.54) is 17.4 Å². The van der Waals surface area contributed by atoms with Gasteiger partial charge in [-0.05, 0) is 12.1 Å². The minimum absolute atomic E-state index is 0.258. The Morgan fingerprint density at radius 2 is 2.21 bits per heavy atom. The van der Waals surface area contributed by atoms with Crippen LogP contribution in [0.3, 0.4) is 0 Å². The van der Waals surface area contributed by atoms with Crippen molar-refractivity contribution in [2.45, 2.75) is 6.54 Å². The molecule has 0 saturated heterocycles. The fraction of sp³-hybridized carbons (Fsp3) is 0.125. The third-order valence-corrected chi connectivity index (χ3v) is 5.57. The fourth-order valence-electron chi connectivity index (χ4n) is 2.41. The number of rotatable bonds is 4. The maximum Gasteiger partial charge on any atom is 0.185 e. The highest BCUT2D eigenvalue weighted by atomic mass is 35.5. The minimum atomic E-state index is -3.56. The third-order valence-electron chi connectivity index (χ3n) is 3.47. The summed E-state index contributed by atoms with van der Waals surface area (Å²) in [6.45, 7) is 0.569. The van der Waals surface area contributed by atoms with Crippen LogP contribution in [-0.2, 0) is 16.4 Å². The van der Waals surface area contributed by atoms with Crippen LogP contribution in [0.1, 0.15) is 10.4 Å². The molecule has 0 amide bonds. The first-order valence-corrected chi connectivity index (χ1v) is 9.97. The lowest BCUT2D eigenvalue weighted by molar-refractivity contribution is 0.609. The van der Waals surface area contributed by atoms with E-state index < -0.39 is 9.84 Å². The van der Waals surface area contributed by atoms with Gasteiger partial charge >= 0.3 is 0 Å². The van der Waals surface area contributed by atoms with Crippen molar-refractivity contribution in [3.05, 3.63) is 56.5 Å². The molecule has 0 aliphatic carbocycles. The monoisotopic (exact) mass is 377 g/mol. The zero-order valence-electron chi connectivity index (χ0n) is 12.6. The van der Waals surface area contributed by atoms with Gasteiger partial charge in [0.25, 0.3) is 0 Å². The number of thiazole rings is 1. The molecule has 0 spiro atoms. The van der Waals surface area contributed by atoms with Crippen molar-refractivity contribution < 1.29 is 8.42 Å². The highest BCUT2D eigenvalue weighted by molar-refractivity contribution is 7.95. The van der Waals surface area contributed by atoms with Crippen LogP contribution in [0.4, 0.5) is 0 Å². The molecule has 0 atom stereocenters. The summed E-state index contributed by atoms with van der Waals surface area (Å²) in [7, 11) is -3.56. The molecule has 1 aromatic carbocycles. The minimum Gasteiger partial charge on any atom is -0.342 e. The van der Waals surface area contributed by atoms with E-state index in [2.05, 4.69) is 4.98 Å². The van der Waals surface area contributed by atoms with Crippen LogP contribution < -0.4 is 0 Å². The van der Waals surface area contributed by atoms with Gasteiger partial charge in [-0.3, -0.25) is 0 Å². The number of sulfone groups is 1. The van der Waals surface area contributed by atoms with Gasteiger partial charge in [0.15, 0.2) is 14.3 Å². The number of nitrogens with zero attached hydrogens (tertiary/aromatic N) is 3. The molecule has 0 unspecified atom stereocenters. The molecule has 0 N–H and O–H groups in total. The standard InChI is InChI=1S/C16H12ClN3O2S2/c1-24(21,22)13(7-18)6-11-9-20(10-12-8-19-16(17)23-12)15-5-3-2-4-14(11)15/h2-6,8-9H,10H2,1H3. The average molecular weight is 378 g/mol. The van der Waals surface area contributed by atoms with Gasteiger partial charge in [0.1, 0.15) is 11.0 Å². The van der Waals surface area contributed by atoms with Crippen molar-refractivity contribution in [1.82, 2.24) is 9.55 Å². The van der Waals surface area contributed by atoms with Gasteiger partial charge in [-0.25, -0.2) is 13.4 Å². The van der Waals surface area contributed by atoms with Crippen molar-refractivity contribution in [2.24, 2.45) is 0 Å². The van der Waals surface area contributed by atoms with Gasteiger partial charge < -0.3 is 4.57 Å². The Kier molecular flexibility index (Phi) is 4.45. The summed E-state index contributed by atoms with van der Waals surface area (Å²) in [5.74, 6) is 0. The molecule has 0 radical (unpaired) electrons. The summed E-state index contributed by atoms with van der Waals surface area (Å²) < 4.78 is 25.8. The number of nitriles is 1. The molecule has 5 nitrogen and oxygen atoms in total. The first-order valence-electron chi connectivity index (χ1n) is 6.88. The molecule has 0 fully saturated rings. The van der Waals surface area contributed by atoms with Gasteiger partial charge in [0.05, 0.1) is 6.54 Å². The molecular weight excluding hydrogens is 366 g/mol. The van der Waals surface area contributed by atoms with Gasteiger partial charge in [-0.1, -0.05) is 29.8 Å². The highest BCUT2D eigenvalue weighted by Gasteiger charge is 2.14. The maximum absolute atomic E-state index is 11.7. The van der Waals surface area contributed by atoms with Gasteiger partial charge in [0, 0.05) is 40.0 Å². The summed E-state index contributed by atoms with van der Waals surface area (Å²) in [6.07, 6.45) is 5.99. The smallest absolute Gasteiger partial charge is 0.185 e. The van der Waals surface area contributed by atoms with Crippen molar-refractivity contribution in [2.75, 3.05) is 6.26 Å². The van der Waals surface area contributed by atoms with Gasteiger partial charge in [0.2, 0.25) is 0 Å². The maximum atomic E-state index is 11.7. The highest BCUT2D eigenvalue weighted by Crippen LogP contribution is 2.27. The number of halogens is 1. The Morgan fingerprint density at radius 3 is 2.83 bits per heavy atom. The van der Waals surface area contributed by atoms with Gasteiger partial charge in [-0.15, -0.1) is 11.3 Å². The van der Waals surface area contributed by atoms with E-state index in [0.29, 0.717) is 16.6 Å². The molecule has 3 rings (SSSR count). The molecule has 0 saturated carbocycles. The number of aromatic nitrogens is 2. The molecule has 0 aliphatic heterocycles. The largest absolute Gasteiger partial charge is 0.342 e. The third kappa shape index (κ3) is 3.36. The van der Waals surface area contributed by atoms with Crippen LogP contribution in [0.15, 0.2) is 41.6 Å². The average Bonchev–Trinajstić information content (AvgIpc) is 3.08. The molecule has 8 heteroatoms. The summed E-state index contributed by atoms with van der Waals surface area (Å²) >= 11 is 7.27. The molecule has 122 valence electrons. The lowest BCUT2D eigenvalue weighted by Crippen LogP contribution is -1.98. The Hall–Kier alpha value is -2.14. The normalized spacial score (nSPS) is 12.5. The zero-order chi connectivity index (χ0) is 17.3. The number of para-hydroxylation sites is 1. The van der Waals surface area contributed by atoms with Crippen molar-refractivity contribution in [3.8, 4) is 6.07 Å². The Labute approximate surface area is 148 Å². The SMILES string of the molecule is CS(=O)(=O)C(C#N)=Cc1cn(Cc2cnc(Cl)s2)c2ccccc12. The van der Waals surface area contributed by atoms with Crippen molar-refractivity contribution in [1.29, 1.82) is 5.26 Å². The Bertz CT molecular complexity index is 1090. The van der Waals surface area contributed by atoms with Crippen LogP contribution in [0.25, 0.3) is 17.0 Å². The quantitative estimate of drug-likeness (QED) is 0.649. The molecule has 2 aromatic heterocycles. The first kappa shape index (κ1) is 16.7. The summed E-state index contributed by atoms with van der Waals surface area (Å²) in [5.41, 5.74) is 1.63. The second kappa shape index (κ2) is 6.40. The van der Waals surface area contributed by atoms with Crippen LogP contribution in [0.5, 0.6) is 0 Å². The zero-order valence-corrected chi connectivity index (χ0v) is 15.0. The summed E-state index contributed by atoms with van der Waals surface area (Å²) in [5, 5.41) is 9.99. The van der Waals surface area contributed by atoms with Crippen LogP contribution >= 0.6 is 22.9 Å². The summed E-state index contributed by atoms with van der Waals surface area (Å²) in [4.78, 5) is 4.76. The van der Waals surface area contributed by atoms with E-state index in [0.717, 1.165) is 22.0 Å². The van der Waals surface area contributed by atoms with E-state index >= 15 is 0 Å². The lowest BCUT2D eigenvalue weighted by Gasteiger charge is -2.01. The lowest BCUT2D eigenvalue weighted by atomic mass is 10.1. The first-order chi connectivity index (χ1) is 11.4. The Balaban J connectivity index is 2.14. The van der Waals surface area contributed by atoms with Crippen LogP contribution in [0.2, 0.25) is 4.47 Å². The number of hydrogen-bond acceptors (Lipinski definition) is 5. The molecule has 2 heterocycles. The number of fused-ring (bicyclic) bond motifs is 1. The number of benzene rings is 1. The van der Waals surface area contributed by atoms with Gasteiger partial charge in [-0.2, -0.15) is 5.26 Å². The predicted octanol–water partition coefficient (Wildman–Crippen LogP) is 3.71. The van der Waals surface area contributed by atoms with E-state index in [4.69, 9.17) is 16.9 Å². The molecule has 3 aromatic rings. The second-order valence-corrected chi connectivity index (χ2v) is 8.88. The fourth-order valence-corrected chi connectivity index (χ4v) is 3.89. The van der Waals surface area contributed by atoms with Crippen LogP contribution in [0, 0.1) is 11.3 Å². The van der Waals surface area contributed by atoms with E-state index in [1.807, 2.05) is 35.0 Å². The molecule has 24 heavy (non-hydrogen) atoms.